The lowest BCUT2D eigenvalue weighted by atomic mass is 10.2. The topological polar surface area (TPSA) is 29.9 Å². The normalized spacial score (nSPS) is 17.6. The number of aromatic nitrogens is 2. The smallest absolute Gasteiger partial charge is 0.0521 e. The Hall–Kier alpha value is -0.830. The van der Waals surface area contributed by atoms with Crippen molar-refractivity contribution in [1.29, 1.82) is 0 Å². The van der Waals surface area contributed by atoms with Gasteiger partial charge in [-0.1, -0.05) is 6.92 Å². The maximum atomic E-state index is 4.41. The number of hydrogen-bond donors (Lipinski definition) is 1. The highest BCUT2D eigenvalue weighted by atomic mass is 15.3. The average Bonchev–Trinajstić information content (AvgIpc) is 3.01. The first-order valence-electron chi connectivity index (χ1n) is 6.56. The maximum absolute atomic E-state index is 4.41. The van der Waals surface area contributed by atoms with Crippen LogP contribution >= 0.6 is 0 Å². The zero-order chi connectivity index (χ0) is 11.4. The second kappa shape index (κ2) is 5.48. The van der Waals surface area contributed by atoms with Gasteiger partial charge in [0.05, 0.1) is 6.20 Å². The zero-order valence-corrected chi connectivity index (χ0v) is 10.4. The molecule has 1 heterocycles. The molecule has 0 saturated heterocycles. The molecular formula is C13H23N3. The molecule has 3 nitrogen and oxygen atoms in total. The van der Waals surface area contributed by atoms with Gasteiger partial charge in [-0.3, -0.25) is 4.68 Å². The quantitative estimate of drug-likeness (QED) is 0.717. The molecule has 1 fully saturated rings. The average molecular weight is 221 g/mol. The van der Waals surface area contributed by atoms with Crippen molar-refractivity contribution in [2.24, 2.45) is 0 Å². The van der Waals surface area contributed by atoms with Crippen LogP contribution in [0.3, 0.4) is 0 Å². The summed E-state index contributed by atoms with van der Waals surface area (Å²) in [6.45, 7) is 5.57. The van der Waals surface area contributed by atoms with E-state index < -0.39 is 0 Å². The van der Waals surface area contributed by atoms with Gasteiger partial charge in [-0.2, -0.15) is 5.10 Å². The fourth-order valence-electron chi connectivity index (χ4n) is 1.82. The minimum atomic E-state index is 0.526. The first kappa shape index (κ1) is 11.6. The summed E-state index contributed by atoms with van der Waals surface area (Å²) >= 11 is 0. The van der Waals surface area contributed by atoms with E-state index in [1.165, 1.54) is 24.8 Å². The van der Waals surface area contributed by atoms with E-state index in [-0.39, 0.29) is 0 Å². The third-order valence-electron chi connectivity index (χ3n) is 3.35. The number of hydrogen-bond acceptors (Lipinski definition) is 2. The zero-order valence-electron chi connectivity index (χ0n) is 10.4. The molecule has 0 spiro atoms. The maximum Gasteiger partial charge on any atom is 0.0521 e. The summed E-state index contributed by atoms with van der Waals surface area (Å²) in [5, 5.41) is 7.95. The summed E-state index contributed by atoms with van der Waals surface area (Å²) in [7, 11) is 0. The highest BCUT2D eigenvalue weighted by molar-refractivity contribution is 5.04. The molecule has 0 aromatic carbocycles. The first-order valence-corrected chi connectivity index (χ1v) is 6.56. The van der Waals surface area contributed by atoms with Gasteiger partial charge in [0.15, 0.2) is 0 Å². The first-order chi connectivity index (χ1) is 7.79. The molecule has 1 aromatic heterocycles. The van der Waals surface area contributed by atoms with Gasteiger partial charge in [-0.05, 0) is 51.1 Å². The lowest BCUT2D eigenvalue weighted by Crippen LogP contribution is -2.17. The summed E-state index contributed by atoms with van der Waals surface area (Å²) in [4.78, 5) is 0. The largest absolute Gasteiger partial charge is 0.314 e. The van der Waals surface area contributed by atoms with Crippen molar-refractivity contribution >= 4 is 0 Å². The second-order valence-electron chi connectivity index (χ2n) is 4.92. The van der Waals surface area contributed by atoms with Crippen LogP contribution in [0.5, 0.6) is 0 Å². The highest BCUT2D eigenvalue weighted by Crippen LogP contribution is 2.18. The molecule has 1 aliphatic rings. The van der Waals surface area contributed by atoms with Gasteiger partial charge in [0.25, 0.3) is 0 Å². The minimum Gasteiger partial charge on any atom is -0.314 e. The number of nitrogens with one attached hydrogen (secondary N) is 1. The number of nitrogens with zero attached hydrogens (tertiary/aromatic N) is 2. The third-order valence-corrected chi connectivity index (χ3v) is 3.35. The van der Waals surface area contributed by atoms with Crippen LogP contribution in [0.4, 0.5) is 0 Å². The van der Waals surface area contributed by atoms with Crippen molar-refractivity contribution in [3.8, 4) is 0 Å². The summed E-state index contributed by atoms with van der Waals surface area (Å²) in [5.41, 5.74) is 1.37. The summed E-state index contributed by atoms with van der Waals surface area (Å²) < 4.78 is 2.09. The van der Waals surface area contributed by atoms with Gasteiger partial charge in [0, 0.05) is 18.3 Å². The molecule has 2 rings (SSSR count). The molecule has 1 saturated carbocycles. The van der Waals surface area contributed by atoms with Gasteiger partial charge in [-0.25, -0.2) is 0 Å². The Morgan fingerprint density at radius 3 is 3.06 bits per heavy atom. The van der Waals surface area contributed by atoms with E-state index in [2.05, 4.69) is 35.1 Å². The van der Waals surface area contributed by atoms with E-state index in [1.807, 2.05) is 6.20 Å². The van der Waals surface area contributed by atoms with E-state index in [9.17, 15) is 0 Å². The Labute approximate surface area is 98.2 Å². The minimum absolute atomic E-state index is 0.526. The van der Waals surface area contributed by atoms with Crippen LogP contribution in [0.2, 0.25) is 0 Å². The van der Waals surface area contributed by atoms with Crippen LogP contribution in [0.1, 0.15) is 51.1 Å². The third kappa shape index (κ3) is 3.34. The number of rotatable bonds is 7. The predicted molar refractivity (Wildman–Crippen MR) is 66.6 cm³/mol. The lowest BCUT2D eigenvalue weighted by Gasteiger charge is -2.07. The van der Waals surface area contributed by atoms with Crippen molar-refractivity contribution in [2.75, 3.05) is 6.54 Å². The fourth-order valence-corrected chi connectivity index (χ4v) is 1.82. The van der Waals surface area contributed by atoms with Crippen LogP contribution in [0.15, 0.2) is 12.4 Å². The van der Waals surface area contributed by atoms with Crippen molar-refractivity contribution in [3.63, 3.8) is 0 Å². The molecule has 16 heavy (non-hydrogen) atoms. The van der Waals surface area contributed by atoms with E-state index >= 15 is 0 Å². The van der Waals surface area contributed by atoms with Crippen LogP contribution in [-0.2, 0) is 6.42 Å². The summed E-state index contributed by atoms with van der Waals surface area (Å²) in [5.74, 6) is 0. The number of aryl methyl sites for hydroxylation is 1. The molecule has 1 aromatic rings. The van der Waals surface area contributed by atoms with Crippen molar-refractivity contribution in [1.82, 2.24) is 15.1 Å². The van der Waals surface area contributed by atoms with Gasteiger partial charge >= 0.3 is 0 Å². The SMILES string of the molecule is CCC(C)n1cc(CCCNC2CC2)cn1. The van der Waals surface area contributed by atoms with Gasteiger partial charge < -0.3 is 5.32 Å². The van der Waals surface area contributed by atoms with E-state index in [0.717, 1.165) is 25.4 Å². The Balaban J connectivity index is 1.69. The van der Waals surface area contributed by atoms with Gasteiger partial charge in [0.2, 0.25) is 0 Å². The highest BCUT2D eigenvalue weighted by Gasteiger charge is 2.19. The van der Waals surface area contributed by atoms with Crippen molar-refractivity contribution < 1.29 is 0 Å². The van der Waals surface area contributed by atoms with Crippen LogP contribution in [0.25, 0.3) is 0 Å². The molecule has 1 aliphatic carbocycles. The molecule has 1 atom stereocenters. The van der Waals surface area contributed by atoms with Crippen LogP contribution in [0, 0.1) is 0 Å². The predicted octanol–water partition coefficient (Wildman–Crippen LogP) is 2.54. The van der Waals surface area contributed by atoms with E-state index in [0.29, 0.717) is 6.04 Å². The van der Waals surface area contributed by atoms with Gasteiger partial charge in [-0.15, -0.1) is 0 Å². The molecule has 90 valence electrons. The van der Waals surface area contributed by atoms with Crippen molar-refractivity contribution in [3.05, 3.63) is 18.0 Å². The summed E-state index contributed by atoms with van der Waals surface area (Å²) in [6, 6.07) is 1.36. The Morgan fingerprint density at radius 1 is 1.56 bits per heavy atom. The molecule has 1 unspecified atom stereocenters. The lowest BCUT2D eigenvalue weighted by molar-refractivity contribution is 0.477. The Kier molecular flexibility index (Phi) is 3.99. The molecular weight excluding hydrogens is 198 g/mol. The van der Waals surface area contributed by atoms with Crippen LogP contribution in [-0.4, -0.2) is 22.4 Å². The fraction of sp³-hybridized carbons (Fsp3) is 0.769. The van der Waals surface area contributed by atoms with Crippen LogP contribution < -0.4 is 5.32 Å². The van der Waals surface area contributed by atoms with E-state index in [4.69, 9.17) is 0 Å². The van der Waals surface area contributed by atoms with E-state index in [1.54, 1.807) is 0 Å². The van der Waals surface area contributed by atoms with Gasteiger partial charge in [0.1, 0.15) is 0 Å². The Bertz CT molecular complexity index is 315. The monoisotopic (exact) mass is 221 g/mol. The molecule has 3 heteroatoms. The summed E-state index contributed by atoms with van der Waals surface area (Å²) in [6.07, 6.45) is 10.5. The molecule has 0 aliphatic heterocycles. The molecule has 0 amide bonds. The standard InChI is InChI=1S/C13H23N3/c1-3-11(2)16-10-12(9-15-16)5-4-8-14-13-6-7-13/h9-11,13-14H,3-8H2,1-2H3. The second-order valence-corrected chi connectivity index (χ2v) is 4.92. The Morgan fingerprint density at radius 2 is 2.38 bits per heavy atom. The molecule has 0 bridgehead atoms. The molecule has 1 N–H and O–H groups in total. The molecule has 0 radical (unpaired) electrons. The van der Waals surface area contributed by atoms with Crippen molar-refractivity contribution in [2.45, 2.75) is 58.0 Å².